The number of nitrogens with zero attached hydrogens (tertiary/aromatic N) is 1. The minimum absolute atomic E-state index is 0.479. The summed E-state index contributed by atoms with van der Waals surface area (Å²) in [7, 11) is 1.26. The molecule has 1 aromatic rings. The van der Waals surface area contributed by atoms with Crippen LogP contribution in [0.2, 0.25) is 0 Å². The fraction of sp³-hybridized carbons (Fsp3) is 0.273. The molecule has 0 N–H and O–H groups in total. The first-order valence-corrected chi connectivity index (χ1v) is 4.19. The highest BCUT2D eigenvalue weighted by atomic mass is 16.5. The Kier molecular flexibility index (Phi) is 6.79. The number of methoxy groups -OCH3 is 1. The summed E-state index contributed by atoms with van der Waals surface area (Å²) in [6.45, 7) is 1.49. The molecule has 0 aliphatic rings. The van der Waals surface area contributed by atoms with E-state index >= 15 is 0 Å². The molecule has 0 saturated heterocycles. The van der Waals surface area contributed by atoms with Gasteiger partial charge in [0.05, 0.1) is 13.2 Å². The maximum atomic E-state index is 10.3. The molecular formula is C11H13NO2. The summed E-state index contributed by atoms with van der Waals surface area (Å²) in [6, 6.07) is 13.7. The number of hydrogen-bond acceptors (Lipinski definition) is 3. The standard InChI is InChI=1S/C6H6.C5H7NO2/c1-2-4-6-5-3-1;1-4(3-6)5(7)8-2/h1-6H;4H,1-2H3. The summed E-state index contributed by atoms with van der Waals surface area (Å²) in [4.78, 5) is 10.3. The number of rotatable bonds is 1. The number of ether oxygens (including phenoxy) is 1. The molecule has 14 heavy (non-hydrogen) atoms. The van der Waals surface area contributed by atoms with Crippen LogP contribution in [0.25, 0.3) is 0 Å². The number of carbonyl (C=O) groups is 1. The summed E-state index contributed by atoms with van der Waals surface area (Å²) in [5.41, 5.74) is 0. The van der Waals surface area contributed by atoms with E-state index in [4.69, 9.17) is 5.26 Å². The van der Waals surface area contributed by atoms with Crippen molar-refractivity contribution >= 4 is 5.97 Å². The topological polar surface area (TPSA) is 50.1 Å². The van der Waals surface area contributed by atoms with Gasteiger partial charge in [-0.25, -0.2) is 0 Å². The van der Waals surface area contributed by atoms with Crippen LogP contribution in [0, 0.1) is 17.2 Å². The molecule has 74 valence electrons. The van der Waals surface area contributed by atoms with E-state index in [2.05, 4.69) is 4.74 Å². The van der Waals surface area contributed by atoms with Gasteiger partial charge in [-0.1, -0.05) is 36.4 Å². The lowest BCUT2D eigenvalue weighted by Crippen LogP contribution is -2.09. The number of esters is 1. The first-order chi connectivity index (χ1) is 6.72. The van der Waals surface area contributed by atoms with E-state index < -0.39 is 11.9 Å². The highest BCUT2D eigenvalue weighted by molar-refractivity contribution is 5.74. The van der Waals surface area contributed by atoms with Gasteiger partial charge in [0.25, 0.3) is 0 Å². The van der Waals surface area contributed by atoms with Crippen LogP contribution in [0.15, 0.2) is 36.4 Å². The third-order valence-electron chi connectivity index (χ3n) is 1.42. The van der Waals surface area contributed by atoms with Crippen LogP contribution in [-0.2, 0) is 9.53 Å². The van der Waals surface area contributed by atoms with Crippen molar-refractivity contribution in [2.24, 2.45) is 5.92 Å². The van der Waals surface area contributed by atoms with E-state index in [9.17, 15) is 4.79 Å². The lowest BCUT2D eigenvalue weighted by atomic mass is 10.2. The van der Waals surface area contributed by atoms with E-state index in [0.717, 1.165) is 0 Å². The van der Waals surface area contributed by atoms with E-state index in [0.29, 0.717) is 0 Å². The molecule has 0 aliphatic heterocycles. The molecular weight excluding hydrogens is 178 g/mol. The van der Waals surface area contributed by atoms with Gasteiger partial charge in [0.2, 0.25) is 0 Å². The zero-order valence-corrected chi connectivity index (χ0v) is 8.31. The van der Waals surface area contributed by atoms with Gasteiger partial charge >= 0.3 is 5.97 Å². The predicted molar refractivity (Wildman–Crippen MR) is 53.2 cm³/mol. The maximum Gasteiger partial charge on any atom is 0.322 e. The Labute approximate surface area is 83.9 Å². The highest BCUT2D eigenvalue weighted by Crippen LogP contribution is 1.92. The SMILES string of the molecule is COC(=O)C(C)C#N.c1ccccc1. The lowest BCUT2D eigenvalue weighted by Gasteiger charge is -1.95. The Hall–Kier alpha value is -1.82. The quantitative estimate of drug-likeness (QED) is 0.638. The van der Waals surface area contributed by atoms with Gasteiger partial charge in [0.15, 0.2) is 0 Å². The summed E-state index contributed by atoms with van der Waals surface area (Å²) >= 11 is 0. The van der Waals surface area contributed by atoms with E-state index in [1.807, 2.05) is 36.4 Å². The summed E-state index contributed by atoms with van der Waals surface area (Å²) in [5.74, 6) is -1.12. The summed E-state index contributed by atoms with van der Waals surface area (Å²) in [5, 5.41) is 8.09. The van der Waals surface area contributed by atoms with Gasteiger partial charge < -0.3 is 4.74 Å². The molecule has 1 rings (SSSR count). The maximum absolute atomic E-state index is 10.3. The van der Waals surface area contributed by atoms with Crippen LogP contribution < -0.4 is 0 Å². The summed E-state index contributed by atoms with van der Waals surface area (Å²) in [6.07, 6.45) is 0. The van der Waals surface area contributed by atoms with Gasteiger partial charge in [0.1, 0.15) is 5.92 Å². The normalized spacial score (nSPS) is 10.1. The van der Waals surface area contributed by atoms with Crippen molar-refractivity contribution in [2.45, 2.75) is 6.92 Å². The molecule has 1 atom stereocenters. The fourth-order valence-corrected chi connectivity index (χ4v) is 0.614. The second-order valence-corrected chi connectivity index (χ2v) is 2.53. The largest absolute Gasteiger partial charge is 0.468 e. The third kappa shape index (κ3) is 5.78. The third-order valence-corrected chi connectivity index (χ3v) is 1.42. The number of benzene rings is 1. The Morgan fingerprint density at radius 1 is 1.21 bits per heavy atom. The lowest BCUT2D eigenvalue weighted by molar-refractivity contribution is -0.142. The predicted octanol–water partition coefficient (Wildman–Crippen LogP) is 2.01. The molecule has 0 aromatic heterocycles. The van der Waals surface area contributed by atoms with Crippen molar-refractivity contribution in [1.82, 2.24) is 0 Å². The van der Waals surface area contributed by atoms with Crippen LogP contribution in [0.1, 0.15) is 6.92 Å². The zero-order valence-electron chi connectivity index (χ0n) is 8.31. The van der Waals surface area contributed by atoms with Crippen molar-refractivity contribution in [2.75, 3.05) is 7.11 Å². The Morgan fingerprint density at radius 3 is 1.71 bits per heavy atom. The smallest absolute Gasteiger partial charge is 0.322 e. The van der Waals surface area contributed by atoms with Gasteiger partial charge in [-0.3, -0.25) is 4.79 Å². The van der Waals surface area contributed by atoms with E-state index in [-0.39, 0.29) is 0 Å². The summed E-state index contributed by atoms with van der Waals surface area (Å²) < 4.78 is 4.24. The van der Waals surface area contributed by atoms with Gasteiger partial charge in [-0.05, 0) is 6.92 Å². The van der Waals surface area contributed by atoms with Crippen molar-refractivity contribution in [1.29, 1.82) is 5.26 Å². The fourth-order valence-electron chi connectivity index (χ4n) is 0.614. The Morgan fingerprint density at radius 2 is 1.57 bits per heavy atom. The van der Waals surface area contributed by atoms with Crippen LogP contribution in [0.5, 0.6) is 0 Å². The first kappa shape index (κ1) is 12.2. The molecule has 0 fully saturated rings. The molecule has 0 heterocycles. The number of nitriles is 1. The number of hydrogen-bond donors (Lipinski definition) is 0. The van der Waals surface area contributed by atoms with Crippen molar-refractivity contribution in [3.05, 3.63) is 36.4 Å². The Bertz CT molecular complexity index is 263. The van der Waals surface area contributed by atoms with Crippen molar-refractivity contribution < 1.29 is 9.53 Å². The van der Waals surface area contributed by atoms with Gasteiger partial charge in [0, 0.05) is 0 Å². The second kappa shape index (κ2) is 7.81. The molecule has 3 heteroatoms. The van der Waals surface area contributed by atoms with Crippen LogP contribution in [-0.4, -0.2) is 13.1 Å². The van der Waals surface area contributed by atoms with Gasteiger partial charge in [-0.2, -0.15) is 5.26 Å². The zero-order chi connectivity index (χ0) is 10.8. The molecule has 3 nitrogen and oxygen atoms in total. The average Bonchev–Trinajstić information content (AvgIpc) is 2.30. The highest BCUT2D eigenvalue weighted by Gasteiger charge is 2.09. The monoisotopic (exact) mass is 191 g/mol. The Balaban J connectivity index is 0.000000249. The van der Waals surface area contributed by atoms with Gasteiger partial charge in [-0.15, -0.1) is 0 Å². The van der Waals surface area contributed by atoms with Crippen LogP contribution >= 0.6 is 0 Å². The van der Waals surface area contributed by atoms with Crippen LogP contribution in [0.4, 0.5) is 0 Å². The molecule has 1 aromatic carbocycles. The second-order valence-electron chi connectivity index (χ2n) is 2.53. The van der Waals surface area contributed by atoms with Crippen molar-refractivity contribution in [3.8, 4) is 6.07 Å². The molecule has 0 saturated carbocycles. The van der Waals surface area contributed by atoms with Crippen LogP contribution in [0.3, 0.4) is 0 Å². The minimum atomic E-state index is -0.639. The van der Waals surface area contributed by atoms with Crippen molar-refractivity contribution in [3.63, 3.8) is 0 Å². The van der Waals surface area contributed by atoms with E-state index in [1.54, 1.807) is 6.07 Å². The number of carbonyl (C=O) groups excluding carboxylic acids is 1. The molecule has 0 amide bonds. The molecule has 0 spiro atoms. The average molecular weight is 191 g/mol. The minimum Gasteiger partial charge on any atom is -0.468 e. The molecule has 0 bridgehead atoms. The first-order valence-electron chi connectivity index (χ1n) is 4.19. The molecule has 0 radical (unpaired) electrons. The molecule has 0 aliphatic carbocycles. The van der Waals surface area contributed by atoms with E-state index in [1.165, 1.54) is 14.0 Å². The molecule has 1 unspecified atom stereocenters.